The molecule has 3 rings (SSSR count). The summed E-state index contributed by atoms with van der Waals surface area (Å²) in [5, 5.41) is 0. The number of anilines is 2. The molecule has 3 nitrogen and oxygen atoms in total. The maximum Gasteiger partial charge on any atom is 0.258 e. The topological polar surface area (TPSA) is 46.3 Å². The Kier molecular flexibility index (Phi) is 3.37. The van der Waals surface area contributed by atoms with Gasteiger partial charge in [-0.1, -0.05) is 17.7 Å². The van der Waals surface area contributed by atoms with E-state index in [0.717, 1.165) is 18.5 Å². The molecule has 1 heterocycles. The third-order valence-corrected chi connectivity index (χ3v) is 3.84. The molecule has 0 unspecified atom stereocenters. The molecule has 0 aromatic heterocycles. The molecule has 21 heavy (non-hydrogen) atoms. The number of nitrogen functional groups attached to an aromatic ring is 1. The minimum atomic E-state index is -0.499. The molecular formula is C17H17FN2O. The van der Waals surface area contributed by atoms with Crippen LogP contribution in [-0.4, -0.2) is 12.5 Å². The third-order valence-electron chi connectivity index (χ3n) is 3.84. The van der Waals surface area contributed by atoms with Crippen molar-refractivity contribution >= 4 is 17.3 Å². The number of halogens is 1. The van der Waals surface area contributed by atoms with Crippen LogP contribution in [0.25, 0.3) is 0 Å². The molecule has 1 aliphatic heterocycles. The van der Waals surface area contributed by atoms with E-state index in [1.165, 1.54) is 29.3 Å². The van der Waals surface area contributed by atoms with Gasteiger partial charge in [-0.05, 0) is 49.6 Å². The van der Waals surface area contributed by atoms with Crippen molar-refractivity contribution in [2.24, 2.45) is 0 Å². The minimum Gasteiger partial charge on any atom is -0.396 e. The lowest BCUT2D eigenvalue weighted by atomic mass is 9.98. The maximum atomic E-state index is 13.2. The molecule has 0 spiro atoms. The Labute approximate surface area is 123 Å². The van der Waals surface area contributed by atoms with Crippen LogP contribution in [0.2, 0.25) is 0 Å². The molecule has 1 amide bonds. The number of carbonyl (C=O) groups is 1. The monoisotopic (exact) mass is 284 g/mol. The molecule has 2 aromatic rings. The van der Waals surface area contributed by atoms with Crippen LogP contribution in [0.5, 0.6) is 0 Å². The quantitative estimate of drug-likeness (QED) is 0.817. The van der Waals surface area contributed by atoms with E-state index >= 15 is 0 Å². The van der Waals surface area contributed by atoms with Crippen molar-refractivity contribution in [2.75, 3.05) is 17.2 Å². The van der Waals surface area contributed by atoms with Crippen LogP contribution in [0.15, 0.2) is 36.4 Å². The summed E-state index contributed by atoms with van der Waals surface area (Å²) in [7, 11) is 0. The third kappa shape index (κ3) is 2.49. The first-order valence-electron chi connectivity index (χ1n) is 7.02. The van der Waals surface area contributed by atoms with Gasteiger partial charge in [-0.25, -0.2) is 4.39 Å². The first-order chi connectivity index (χ1) is 10.1. The van der Waals surface area contributed by atoms with E-state index in [2.05, 4.69) is 6.07 Å². The van der Waals surface area contributed by atoms with Crippen molar-refractivity contribution in [1.29, 1.82) is 0 Å². The number of nitrogens with two attached hydrogens (primary N) is 1. The molecule has 0 saturated carbocycles. The fourth-order valence-corrected chi connectivity index (χ4v) is 2.77. The van der Waals surface area contributed by atoms with E-state index in [1.54, 1.807) is 4.90 Å². The van der Waals surface area contributed by atoms with E-state index < -0.39 is 5.82 Å². The first-order valence-corrected chi connectivity index (χ1v) is 7.02. The van der Waals surface area contributed by atoms with Gasteiger partial charge in [0, 0.05) is 17.8 Å². The largest absolute Gasteiger partial charge is 0.396 e. The van der Waals surface area contributed by atoms with E-state index in [-0.39, 0.29) is 11.6 Å². The minimum absolute atomic E-state index is 0.00184. The second-order valence-corrected chi connectivity index (χ2v) is 5.43. The highest BCUT2D eigenvalue weighted by Gasteiger charge is 2.23. The maximum absolute atomic E-state index is 13.2. The molecule has 108 valence electrons. The van der Waals surface area contributed by atoms with Gasteiger partial charge in [0.2, 0.25) is 0 Å². The molecule has 2 N–H and O–H groups in total. The Morgan fingerprint density at radius 3 is 2.81 bits per heavy atom. The molecule has 1 aliphatic rings. The Morgan fingerprint density at radius 1 is 1.24 bits per heavy atom. The summed E-state index contributed by atoms with van der Waals surface area (Å²) in [5.74, 6) is -0.632. The number of rotatable bonds is 1. The molecule has 0 bridgehead atoms. The van der Waals surface area contributed by atoms with Crippen molar-refractivity contribution in [3.63, 3.8) is 0 Å². The number of benzene rings is 2. The molecule has 0 radical (unpaired) electrons. The fraction of sp³-hybridized carbons (Fsp3) is 0.235. The van der Waals surface area contributed by atoms with Crippen molar-refractivity contribution in [3.05, 3.63) is 58.9 Å². The lowest BCUT2D eigenvalue weighted by Crippen LogP contribution is -2.35. The van der Waals surface area contributed by atoms with Crippen molar-refractivity contribution in [3.8, 4) is 0 Å². The zero-order chi connectivity index (χ0) is 15.0. The van der Waals surface area contributed by atoms with Crippen molar-refractivity contribution in [1.82, 2.24) is 0 Å². The highest BCUT2D eigenvalue weighted by Crippen LogP contribution is 2.29. The van der Waals surface area contributed by atoms with Gasteiger partial charge in [0.1, 0.15) is 5.82 Å². The SMILES string of the molecule is Cc1ccc2c(c1)CCCN2C(=O)c1ccc(F)c(N)c1. The van der Waals surface area contributed by atoms with Crippen molar-refractivity contribution < 1.29 is 9.18 Å². The predicted molar refractivity (Wildman–Crippen MR) is 82.0 cm³/mol. The smallest absolute Gasteiger partial charge is 0.258 e. The number of fused-ring (bicyclic) bond motifs is 1. The van der Waals surface area contributed by atoms with Gasteiger partial charge in [0.05, 0.1) is 5.69 Å². The highest BCUT2D eigenvalue weighted by molar-refractivity contribution is 6.07. The highest BCUT2D eigenvalue weighted by atomic mass is 19.1. The molecule has 0 aliphatic carbocycles. The zero-order valence-corrected chi connectivity index (χ0v) is 11.9. The number of hydrogen-bond donors (Lipinski definition) is 1. The van der Waals surface area contributed by atoms with Crippen molar-refractivity contribution in [2.45, 2.75) is 19.8 Å². The Hall–Kier alpha value is -2.36. The lowest BCUT2D eigenvalue weighted by molar-refractivity contribution is 0.0985. The summed E-state index contributed by atoms with van der Waals surface area (Å²) >= 11 is 0. The average molecular weight is 284 g/mol. The number of carbonyl (C=O) groups excluding carboxylic acids is 1. The second kappa shape index (κ2) is 5.20. The van der Waals surface area contributed by atoms with Crippen LogP contribution in [0.4, 0.5) is 15.8 Å². The van der Waals surface area contributed by atoms with Gasteiger partial charge in [-0.2, -0.15) is 0 Å². The van der Waals surface area contributed by atoms with Gasteiger partial charge >= 0.3 is 0 Å². The van der Waals surface area contributed by atoms with Gasteiger partial charge in [-0.15, -0.1) is 0 Å². The molecular weight excluding hydrogens is 267 g/mol. The Balaban J connectivity index is 1.98. The van der Waals surface area contributed by atoms with Gasteiger partial charge in [-0.3, -0.25) is 4.79 Å². The summed E-state index contributed by atoms with van der Waals surface area (Å²) in [4.78, 5) is 14.4. The number of nitrogens with zero attached hydrogens (tertiary/aromatic N) is 1. The lowest BCUT2D eigenvalue weighted by Gasteiger charge is -2.30. The predicted octanol–water partition coefficient (Wildman–Crippen LogP) is 3.31. The summed E-state index contributed by atoms with van der Waals surface area (Å²) in [5.41, 5.74) is 9.30. The Bertz CT molecular complexity index is 712. The van der Waals surface area contributed by atoms with E-state index in [9.17, 15) is 9.18 Å². The summed E-state index contributed by atoms with van der Waals surface area (Å²) in [6.07, 6.45) is 1.91. The van der Waals surface area contributed by atoms with Gasteiger partial charge < -0.3 is 10.6 Å². The standard InChI is InChI=1S/C17H17FN2O/c1-11-4-7-16-12(9-11)3-2-8-20(16)17(21)13-5-6-14(18)15(19)10-13/h4-7,9-10H,2-3,8,19H2,1H3. The summed E-state index contributed by atoms with van der Waals surface area (Å²) < 4.78 is 13.2. The second-order valence-electron chi connectivity index (χ2n) is 5.43. The molecule has 0 fully saturated rings. The zero-order valence-electron chi connectivity index (χ0n) is 11.9. The fourth-order valence-electron chi connectivity index (χ4n) is 2.77. The first kappa shape index (κ1) is 13.6. The number of amides is 1. The van der Waals surface area contributed by atoms with Crippen LogP contribution in [-0.2, 0) is 6.42 Å². The van der Waals surface area contributed by atoms with Gasteiger partial charge in [0.15, 0.2) is 0 Å². The van der Waals surface area contributed by atoms with Crippen LogP contribution >= 0.6 is 0 Å². The van der Waals surface area contributed by atoms with Gasteiger partial charge in [0.25, 0.3) is 5.91 Å². The summed E-state index contributed by atoms with van der Waals surface area (Å²) in [6, 6.07) is 10.2. The average Bonchev–Trinajstić information content (AvgIpc) is 2.48. The molecule has 0 atom stereocenters. The van der Waals surface area contributed by atoms with Crippen LogP contribution in [0.3, 0.4) is 0 Å². The number of hydrogen-bond acceptors (Lipinski definition) is 2. The van der Waals surface area contributed by atoms with Crippen LogP contribution in [0, 0.1) is 12.7 Å². The van der Waals surface area contributed by atoms with E-state index in [1.807, 2.05) is 19.1 Å². The molecule has 4 heteroatoms. The Morgan fingerprint density at radius 2 is 2.05 bits per heavy atom. The van der Waals surface area contributed by atoms with E-state index in [0.29, 0.717) is 12.1 Å². The van der Waals surface area contributed by atoms with E-state index in [4.69, 9.17) is 5.73 Å². The summed E-state index contributed by atoms with van der Waals surface area (Å²) in [6.45, 7) is 2.72. The number of aryl methyl sites for hydroxylation is 2. The van der Waals surface area contributed by atoms with Crippen LogP contribution in [0.1, 0.15) is 27.9 Å². The normalized spacial score (nSPS) is 13.9. The molecule has 0 saturated heterocycles. The van der Waals surface area contributed by atoms with Crippen LogP contribution < -0.4 is 10.6 Å². The molecule has 2 aromatic carbocycles.